The van der Waals surface area contributed by atoms with Gasteiger partial charge in [0.05, 0.1) is 18.3 Å². The first-order valence-electron chi connectivity index (χ1n) is 10.0. The number of aryl methyl sites for hydroxylation is 2. The summed E-state index contributed by atoms with van der Waals surface area (Å²) < 4.78 is 6.83. The van der Waals surface area contributed by atoms with Gasteiger partial charge in [-0.2, -0.15) is 5.10 Å². The number of likely N-dealkylation sites (N-methyl/N-ethyl adjacent to an activating group) is 1. The third kappa shape index (κ3) is 5.33. The van der Waals surface area contributed by atoms with Crippen molar-refractivity contribution in [2.75, 3.05) is 13.7 Å². The number of hydrogen-bond donors (Lipinski definition) is 0. The fourth-order valence-electron chi connectivity index (χ4n) is 3.23. The van der Waals surface area contributed by atoms with E-state index in [-0.39, 0.29) is 29.3 Å². The zero-order valence-electron chi connectivity index (χ0n) is 18.1. The van der Waals surface area contributed by atoms with Crippen molar-refractivity contribution in [1.82, 2.24) is 14.7 Å². The number of nitrogens with zero attached hydrogens (tertiary/aromatic N) is 3. The molecule has 6 nitrogen and oxygen atoms in total. The first-order valence-corrected chi connectivity index (χ1v) is 10.4. The van der Waals surface area contributed by atoms with Crippen molar-refractivity contribution in [3.05, 3.63) is 87.7 Å². The summed E-state index contributed by atoms with van der Waals surface area (Å²) in [5, 5.41) is 4.56. The van der Waals surface area contributed by atoms with Crippen molar-refractivity contribution >= 4 is 23.5 Å². The lowest BCUT2D eigenvalue weighted by atomic mass is 10.1. The lowest BCUT2D eigenvalue weighted by molar-refractivity contribution is -0.135. The van der Waals surface area contributed by atoms with Crippen molar-refractivity contribution in [1.29, 1.82) is 0 Å². The van der Waals surface area contributed by atoms with Gasteiger partial charge in [0, 0.05) is 7.05 Å². The third-order valence-corrected chi connectivity index (χ3v) is 5.69. The predicted molar refractivity (Wildman–Crippen MR) is 120 cm³/mol. The van der Waals surface area contributed by atoms with Gasteiger partial charge in [0.2, 0.25) is 0 Å². The van der Waals surface area contributed by atoms with Crippen LogP contribution in [0.4, 0.5) is 0 Å². The Morgan fingerprint density at radius 3 is 2.39 bits per heavy atom. The van der Waals surface area contributed by atoms with Crippen molar-refractivity contribution in [3.63, 3.8) is 0 Å². The fourth-order valence-corrected chi connectivity index (χ4v) is 3.54. The number of aromatic nitrogens is 2. The zero-order valence-corrected chi connectivity index (χ0v) is 18.9. The average molecular weight is 440 g/mol. The molecule has 0 aliphatic rings. The molecule has 3 aromatic rings. The van der Waals surface area contributed by atoms with Gasteiger partial charge in [0.25, 0.3) is 5.91 Å². The van der Waals surface area contributed by atoms with Gasteiger partial charge >= 0.3 is 5.97 Å². The van der Waals surface area contributed by atoms with E-state index in [1.807, 2.05) is 68.4 Å². The molecule has 0 spiro atoms. The van der Waals surface area contributed by atoms with Gasteiger partial charge in [-0.05, 0) is 31.9 Å². The SMILES string of the molecule is Cc1ccc(Cn2nc(C)c(C(=O)OCC(=O)N(C)C(C)c3ccccc3)c2Cl)cc1. The third-order valence-electron chi connectivity index (χ3n) is 5.31. The number of carbonyl (C=O) groups excluding carboxylic acids is 2. The van der Waals surface area contributed by atoms with Gasteiger partial charge in [0.1, 0.15) is 10.7 Å². The van der Waals surface area contributed by atoms with Crippen LogP contribution >= 0.6 is 11.6 Å². The molecule has 0 radical (unpaired) electrons. The minimum Gasteiger partial charge on any atom is -0.452 e. The lowest BCUT2D eigenvalue weighted by Gasteiger charge is -2.25. The van der Waals surface area contributed by atoms with Crippen LogP contribution in [0, 0.1) is 13.8 Å². The Kier molecular flexibility index (Phi) is 7.13. The van der Waals surface area contributed by atoms with E-state index < -0.39 is 5.97 Å². The predicted octanol–water partition coefficient (Wildman–Crippen LogP) is 4.58. The first-order chi connectivity index (χ1) is 14.8. The molecule has 0 N–H and O–H groups in total. The Hall–Kier alpha value is -3.12. The molecular formula is C24H26ClN3O3. The maximum absolute atomic E-state index is 12.6. The van der Waals surface area contributed by atoms with E-state index in [4.69, 9.17) is 16.3 Å². The van der Waals surface area contributed by atoms with Gasteiger partial charge in [-0.25, -0.2) is 9.48 Å². The second-order valence-electron chi connectivity index (χ2n) is 7.56. The maximum Gasteiger partial charge on any atom is 0.343 e. The van der Waals surface area contributed by atoms with Crippen LogP contribution in [0.25, 0.3) is 0 Å². The van der Waals surface area contributed by atoms with E-state index >= 15 is 0 Å². The molecule has 1 atom stereocenters. The molecule has 162 valence electrons. The molecule has 1 aromatic heterocycles. The normalized spacial score (nSPS) is 11.8. The van der Waals surface area contributed by atoms with Crippen LogP contribution in [0.1, 0.15) is 45.7 Å². The molecule has 0 fully saturated rings. The van der Waals surface area contributed by atoms with Crippen LogP contribution in [0.3, 0.4) is 0 Å². The number of carbonyl (C=O) groups is 2. The van der Waals surface area contributed by atoms with Crippen molar-refractivity contribution < 1.29 is 14.3 Å². The molecule has 1 unspecified atom stereocenters. The monoisotopic (exact) mass is 439 g/mol. The van der Waals surface area contributed by atoms with Crippen molar-refractivity contribution in [2.45, 2.75) is 33.4 Å². The van der Waals surface area contributed by atoms with Crippen LogP contribution in [-0.4, -0.2) is 40.2 Å². The van der Waals surface area contributed by atoms with Crippen LogP contribution in [0.5, 0.6) is 0 Å². The van der Waals surface area contributed by atoms with Gasteiger partial charge in [0.15, 0.2) is 6.61 Å². The maximum atomic E-state index is 12.6. The number of rotatable bonds is 7. The highest BCUT2D eigenvalue weighted by Gasteiger charge is 2.24. The molecule has 2 aromatic carbocycles. The van der Waals surface area contributed by atoms with Gasteiger partial charge in [-0.1, -0.05) is 71.8 Å². The molecule has 1 amide bonds. The number of esters is 1. The van der Waals surface area contributed by atoms with E-state index in [0.29, 0.717) is 12.2 Å². The summed E-state index contributed by atoms with van der Waals surface area (Å²) in [5.74, 6) is -0.961. The summed E-state index contributed by atoms with van der Waals surface area (Å²) in [6.07, 6.45) is 0. The molecule has 0 saturated heterocycles. The minimum absolute atomic E-state index is 0.144. The molecule has 7 heteroatoms. The molecule has 1 heterocycles. The van der Waals surface area contributed by atoms with Gasteiger partial charge < -0.3 is 9.64 Å². The highest BCUT2D eigenvalue weighted by atomic mass is 35.5. The summed E-state index contributed by atoms with van der Waals surface area (Å²) in [5.41, 5.74) is 3.82. The summed E-state index contributed by atoms with van der Waals surface area (Å²) in [6, 6.07) is 17.5. The van der Waals surface area contributed by atoms with Crippen LogP contribution in [-0.2, 0) is 16.1 Å². The number of hydrogen-bond acceptors (Lipinski definition) is 4. The second-order valence-corrected chi connectivity index (χ2v) is 7.92. The molecule has 31 heavy (non-hydrogen) atoms. The van der Waals surface area contributed by atoms with Crippen LogP contribution < -0.4 is 0 Å². The van der Waals surface area contributed by atoms with E-state index in [9.17, 15) is 9.59 Å². The Bertz CT molecular complexity index is 1060. The Morgan fingerprint density at radius 1 is 1.10 bits per heavy atom. The summed E-state index contributed by atoms with van der Waals surface area (Å²) in [4.78, 5) is 26.7. The number of benzene rings is 2. The summed E-state index contributed by atoms with van der Waals surface area (Å²) in [6.45, 7) is 5.70. The molecule has 0 aliphatic carbocycles. The van der Waals surface area contributed by atoms with E-state index in [1.54, 1.807) is 23.6 Å². The summed E-state index contributed by atoms with van der Waals surface area (Å²) in [7, 11) is 1.69. The van der Waals surface area contributed by atoms with Crippen molar-refractivity contribution in [2.24, 2.45) is 0 Å². The molecule has 0 aliphatic heterocycles. The Morgan fingerprint density at radius 2 is 1.74 bits per heavy atom. The molecule has 0 bridgehead atoms. The largest absolute Gasteiger partial charge is 0.452 e. The quantitative estimate of drug-likeness (QED) is 0.505. The average Bonchev–Trinajstić information content (AvgIpc) is 3.05. The first kappa shape index (κ1) is 22.6. The zero-order chi connectivity index (χ0) is 22.5. The Labute approximate surface area is 187 Å². The number of amides is 1. The fraction of sp³-hybridized carbons (Fsp3) is 0.292. The topological polar surface area (TPSA) is 64.4 Å². The summed E-state index contributed by atoms with van der Waals surface area (Å²) >= 11 is 6.42. The van der Waals surface area contributed by atoms with Gasteiger partial charge in [-0.15, -0.1) is 0 Å². The van der Waals surface area contributed by atoms with E-state index in [1.165, 1.54) is 0 Å². The van der Waals surface area contributed by atoms with E-state index in [2.05, 4.69) is 5.10 Å². The Balaban J connectivity index is 1.64. The van der Waals surface area contributed by atoms with E-state index in [0.717, 1.165) is 16.7 Å². The number of halogens is 1. The minimum atomic E-state index is -0.660. The van der Waals surface area contributed by atoms with Gasteiger partial charge in [-0.3, -0.25) is 4.79 Å². The molecule has 0 saturated carbocycles. The smallest absolute Gasteiger partial charge is 0.343 e. The van der Waals surface area contributed by atoms with Crippen LogP contribution in [0.15, 0.2) is 54.6 Å². The van der Waals surface area contributed by atoms with Crippen LogP contribution in [0.2, 0.25) is 5.15 Å². The molecule has 3 rings (SSSR count). The second kappa shape index (κ2) is 9.79. The number of ether oxygens (including phenoxy) is 1. The standard InChI is InChI=1S/C24H26ClN3O3/c1-16-10-12-19(13-11-16)14-28-23(25)22(17(2)26-28)24(30)31-15-21(29)27(4)18(3)20-8-6-5-7-9-20/h5-13,18H,14-15H2,1-4H3. The lowest BCUT2D eigenvalue weighted by Crippen LogP contribution is -2.33. The molecular weight excluding hydrogens is 414 g/mol. The highest BCUT2D eigenvalue weighted by Crippen LogP contribution is 2.23. The van der Waals surface area contributed by atoms with Crippen molar-refractivity contribution in [3.8, 4) is 0 Å². The highest BCUT2D eigenvalue weighted by molar-refractivity contribution is 6.32.